The molecule has 150 valence electrons. The van der Waals surface area contributed by atoms with Gasteiger partial charge < -0.3 is 14.8 Å². The molecular formula is C18H15Cl2F3N2O3. The molecule has 0 radical (unpaired) electrons. The van der Waals surface area contributed by atoms with Gasteiger partial charge in [-0.2, -0.15) is 0 Å². The highest BCUT2D eigenvalue weighted by atomic mass is 35.5. The van der Waals surface area contributed by atoms with Gasteiger partial charge >= 0.3 is 6.36 Å². The number of nitrogens with zero attached hydrogens (tertiary/aromatic N) is 1. The number of aromatic nitrogens is 1. The van der Waals surface area contributed by atoms with Crippen LogP contribution in [0.1, 0.15) is 36.0 Å². The van der Waals surface area contributed by atoms with Crippen LogP contribution in [0.4, 0.5) is 18.9 Å². The lowest BCUT2D eigenvalue weighted by atomic mass is 10.1. The van der Waals surface area contributed by atoms with Crippen molar-refractivity contribution in [3.63, 3.8) is 0 Å². The molecule has 0 aliphatic heterocycles. The van der Waals surface area contributed by atoms with E-state index in [1.165, 1.54) is 24.5 Å². The Balaban J connectivity index is 1.87. The van der Waals surface area contributed by atoms with E-state index in [4.69, 9.17) is 27.9 Å². The molecule has 1 aromatic carbocycles. The Morgan fingerprint density at radius 1 is 1.11 bits per heavy atom. The van der Waals surface area contributed by atoms with Gasteiger partial charge in [-0.1, -0.05) is 23.2 Å². The number of nitrogens with one attached hydrogen (secondary N) is 1. The van der Waals surface area contributed by atoms with E-state index in [-0.39, 0.29) is 33.1 Å². The Kier molecular flexibility index (Phi) is 6.20. The lowest BCUT2D eigenvalue weighted by Gasteiger charge is -2.18. The van der Waals surface area contributed by atoms with Crippen molar-refractivity contribution in [2.45, 2.75) is 38.1 Å². The summed E-state index contributed by atoms with van der Waals surface area (Å²) in [5.74, 6) is -1.27. The van der Waals surface area contributed by atoms with E-state index in [2.05, 4.69) is 15.0 Å². The summed E-state index contributed by atoms with van der Waals surface area (Å²) in [4.78, 5) is 16.3. The van der Waals surface area contributed by atoms with Crippen molar-refractivity contribution in [3.05, 3.63) is 46.2 Å². The van der Waals surface area contributed by atoms with Crippen LogP contribution in [0.5, 0.6) is 11.5 Å². The summed E-state index contributed by atoms with van der Waals surface area (Å²) in [7, 11) is 0. The van der Waals surface area contributed by atoms with E-state index in [0.29, 0.717) is 0 Å². The van der Waals surface area contributed by atoms with E-state index >= 15 is 0 Å². The molecule has 0 saturated heterocycles. The van der Waals surface area contributed by atoms with Crippen LogP contribution in [-0.2, 0) is 0 Å². The maximum absolute atomic E-state index is 12.7. The summed E-state index contributed by atoms with van der Waals surface area (Å²) in [6.07, 6.45) is 0.816. The SMILES string of the molecule is O=C(Nc1c(Cl)cncc1Cl)c1ccc(OC(F)(F)F)c(OC2CCCC2)c1. The smallest absolute Gasteiger partial charge is 0.487 e. The molecule has 3 rings (SSSR count). The van der Waals surface area contributed by atoms with Crippen molar-refractivity contribution in [1.29, 1.82) is 0 Å². The van der Waals surface area contributed by atoms with Crippen molar-refractivity contribution in [3.8, 4) is 11.5 Å². The Labute approximate surface area is 168 Å². The first kappa shape index (κ1) is 20.5. The third-order valence-electron chi connectivity index (χ3n) is 4.12. The molecule has 1 N–H and O–H groups in total. The summed E-state index contributed by atoms with van der Waals surface area (Å²) in [5, 5.41) is 2.77. The highest BCUT2D eigenvalue weighted by Gasteiger charge is 2.33. The molecule has 1 aromatic heterocycles. The fourth-order valence-corrected chi connectivity index (χ4v) is 3.31. The van der Waals surface area contributed by atoms with E-state index in [1.54, 1.807) is 0 Å². The van der Waals surface area contributed by atoms with Crippen LogP contribution in [0, 0.1) is 0 Å². The zero-order valence-corrected chi connectivity index (χ0v) is 15.9. The fraction of sp³-hybridized carbons (Fsp3) is 0.333. The summed E-state index contributed by atoms with van der Waals surface area (Å²) >= 11 is 11.9. The lowest BCUT2D eigenvalue weighted by molar-refractivity contribution is -0.275. The highest BCUT2D eigenvalue weighted by Crippen LogP contribution is 2.36. The van der Waals surface area contributed by atoms with Gasteiger partial charge in [-0.25, -0.2) is 0 Å². The number of halogens is 5. The van der Waals surface area contributed by atoms with Crippen LogP contribution in [-0.4, -0.2) is 23.4 Å². The normalized spacial score (nSPS) is 14.8. The molecule has 0 unspecified atom stereocenters. The second kappa shape index (κ2) is 8.45. The standard InChI is InChI=1S/C18H15Cl2F3N2O3/c19-12-8-24-9-13(20)16(12)25-17(26)10-5-6-14(28-18(21,22)23)15(7-10)27-11-3-1-2-4-11/h5-9,11H,1-4H2,(H,24,25,26). The number of carbonyl (C=O) groups is 1. The minimum absolute atomic E-state index is 0.0615. The minimum Gasteiger partial charge on any atom is -0.487 e. The van der Waals surface area contributed by atoms with Gasteiger partial charge in [0.05, 0.1) is 21.8 Å². The molecule has 0 spiro atoms. The fourth-order valence-electron chi connectivity index (χ4n) is 2.85. The number of rotatable bonds is 5. The maximum atomic E-state index is 12.7. The van der Waals surface area contributed by atoms with Gasteiger partial charge in [0, 0.05) is 18.0 Å². The number of pyridine rings is 1. The van der Waals surface area contributed by atoms with E-state index < -0.39 is 18.0 Å². The van der Waals surface area contributed by atoms with Gasteiger partial charge in [-0.15, -0.1) is 13.2 Å². The summed E-state index contributed by atoms with van der Waals surface area (Å²) < 4.78 is 47.7. The number of hydrogen-bond acceptors (Lipinski definition) is 4. The van der Waals surface area contributed by atoms with E-state index in [9.17, 15) is 18.0 Å². The number of ether oxygens (including phenoxy) is 2. The predicted octanol–water partition coefficient (Wildman–Crippen LogP) is 5.86. The quantitative estimate of drug-likeness (QED) is 0.639. The van der Waals surface area contributed by atoms with Crippen molar-refractivity contribution < 1.29 is 27.4 Å². The monoisotopic (exact) mass is 434 g/mol. The molecule has 1 fully saturated rings. The van der Waals surface area contributed by atoms with Gasteiger partial charge in [0.25, 0.3) is 5.91 Å². The highest BCUT2D eigenvalue weighted by molar-refractivity contribution is 6.39. The molecule has 10 heteroatoms. The van der Waals surface area contributed by atoms with E-state index in [1.807, 2.05) is 0 Å². The van der Waals surface area contributed by atoms with Crippen molar-refractivity contribution >= 4 is 34.8 Å². The molecule has 0 atom stereocenters. The zero-order valence-electron chi connectivity index (χ0n) is 14.4. The minimum atomic E-state index is -4.88. The van der Waals surface area contributed by atoms with Crippen LogP contribution < -0.4 is 14.8 Å². The topological polar surface area (TPSA) is 60.5 Å². The first-order chi connectivity index (χ1) is 13.2. The second-order valence-electron chi connectivity index (χ2n) is 6.17. The number of amides is 1. The second-order valence-corrected chi connectivity index (χ2v) is 6.98. The Bertz CT molecular complexity index is 851. The lowest BCUT2D eigenvalue weighted by Crippen LogP contribution is -2.20. The van der Waals surface area contributed by atoms with Gasteiger partial charge in [0.2, 0.25) is 0 Å². The number of hydrogen-bond donors (Lipinski definition) is 1. The molecule has 1 aliphatic carbocycles. The number of alkyl halides is 3. The van der Waals surface area contributed by atoms with Crippen molar-refractivity contribution in [2.75, 3.05) is 5.32 Å². The Hall–Kier alpha value is -2.19. The average Bonchev–Trinajstić information content (AvgIpc) is 3.11. The predicted molar refractivity (Wildman–Crippen MR) is 98.2 cm³/mol. The maximum Gasteiger partial charge on any atom is 0.573 e. The first-order valence-corrected chi connectivity index (χ1v) is 9.15. The molecule has 1 aliphatic rings. The van der Waals surface area contributed by atoms with Gasteiger partial charge in [0.1, 0.15) is 0 Å². The molecule has 1 amide bonds. The number of benzene rings is 1. The molecule has 1 saturated carbocycles. The Morgan fingerprint density at radius 2 is 1.75 bits per heavy atom. The van der Waals surface area contributed by atoms with Crippen molar-refractivity contribution in [2.24, 2.45) is 0 Å². The third-order valence-corrected chi connectivity index (χ3v) is 4.69. The third kappa shape index (κ3) is 5.20. The molecule has 5 nitrogen and oxygen atoms in total. The summed E-state index contributed by atoms with van der Waals surface area (Å²) in [6, 6.07) is 3.45. The largest absolute Gasteiger partial charge is 0.573 e. The molecule has 28 heavy (non-hydrogen) atoms. The van der Waals surface area contributed by atoms with Gasteiger partial charge in [-0.3, -0.25) is 9.78 Å². The van der Waals surface area contributed by atoms with Gasteiger partial charge in [-0.05, 0) is 43.9 Å². The van der Waals surface area contributed by atoms with Crippen LogP contribution >= 0.6 is 23.2 Å². The number of carbonyl (C=O) groups excluding carboxylic acids is 1. The summed E-state index contributed by atoms with van der Waals surface area (Å²) in [5.41, 5.74) is 0.212. The summed E-state index contributed by atoms with van der Waals surface area (Å²) in [6.45, 7) is 0. The molecule has 1 heterocycles. The van der Waals surface area contributed by atoms with Crippen molar-refractivity contribution in [1.82, 2.24) is 4.98 Å². The van der Waals surface area contributed by atoms with Crippen LogP contribution in [0.15, 0.2) is 30.6 Å². The molecular weight excluding hydrogens is 420 g/mol. The first-order valence-electron chi connectivity index (χ1n) is 8.40. The van der Waals surface area contributed by atoms with Gasteiger partial charge in [0.15, 0.2) is 11.5 Å². The average molecular weight is 435 g/mol. The van der Waals surface area contributed by atoms with Crippen LogP contribution in [0.2, 0.25) is 10.0 Å². The Morgan fingerprint density at radius 3 is 2.36 bits per heavy atom. The molecule has 0 bridgehead atoms. The van der Waals surface area contributed by atoms with Crippen LogP contribution in [0.25, 0.3) is 0 Å². The zero-order chi connectivity index (χ0) is 20.3. The van der Waals surface area contributed by atoms with Crippen LogP contribution in [0.3, 0.4) is 0 Å². The molecule has 2 aromatic rings. The van der Waals surface area contributed by atoms with E-state index in [0.717, 1.165) is 31.7 Å². The number of anilines is 1.